The van der Waals surface area contributed by atoms with Crippen LogP contribution in [0.1, 0.15) is 13.3 Å². The van der Waals surface area contributed by atoms with E-state index in [0.29, 0.717) is 21.7 Å². The Morgan fingerprint density at radius 1 is 1.56 bits per heavy atom. The van der Waals surface area contributed by atoms with Crippen LogP contribution in [0.3, 0.4) is 0 Å². The van der Waals surface area contributed by atoms with E-state index in [4.69, 9.17) is 29.0 Å². The lowest BCUT2D eigenvalue weighted by atomic mass is 10.0. The number of halogens is 2. The molecule has 100 valence electrons. The highest BCUT2D eigenvalue weighted by Crippen LogP contribution is 2.34. The highest BCUT2D eigenvalue weighted by atomic mass is 35.5. The van der Waals surface area contributed by atoms with Gasteiger partial charge in [0.05, 0.1) is 16.1 Å². The second-order valence-corrected chi connectivity index (χ2v) is 5.32. The Hall–Kier alpha value is -0.750. The van der Waals surface area contributed by atoms with E-state index in [0.717, 1.165) is 19.5 Å². The van der Waals surface area contributed by atoms with Gasteiger partial charge in [-0.2, -0.15) is 0 Å². The van der Waals surface area contributed by atoms with Crippen LogP contribution in [-0.2, 0) is 0 Å². The van der Waals surface area contributed by atoms with E-state index >= 15 is 0 Å². The number of hydrazine groups is 1. The maximum Gasteiger partial charge on any atom is 0.161 e. The number of nitrogens with zero attached hydrogens (tertiary/aromatic N) is 2. The fourth-order valence-corrected chi connectivity index (χ4v) is 2.69. The monoisotopic (exact) mass is 290 g/mol. The number of aliphatic hydroxyl groups is 1. The summed E-state index contributed by atoms with van der Waals surface area (Å²) >= 11 is 12.1. The molecule has 1 fully saturated rings. The summed E-state index contributed by atoms with van der Waals surface area (Å²) in [5, 5.41) is 10.5. The molecule has 0 amide bonds. The predicted molar refractivity (Wildman–Crippen MR) is 74.1 cm³/mol. The molecule has 0 aromatic carbocycles. The average molecular weight is 291 g/mol. The van der Waals surface area contributed by atoms with E-state index in [1.54, 1.807) is 13.0 Å². The first-order valence-electron chi connectivity index (χ1n) is 5.78. The number of hydrogen-bond donors (Lipinski definition) is 3. The summed E-state index contributed by atoms with van der Waals surface area (Å²) in [6.07, 6.45) is 0.595. The molecule has 2 rings (SSSR count). The molecule has 2 unspecified atom stereocenters. The third kappa shape index (κ3) is 2.64. The highest BCUT2D eigenvalue weighted by Gasteiger charge is 2.28. The standard InChI is InChI=1S/C11H16Cl2N4O/c1-6(18)7-2-3-17(5-7)11-9(13)4-8(12)10(15-11)16-14/h4,6-7,18H,2-3,5,14H2,1H3,(H,15,16). The molecule has 1 aliphatic rings. The van der Waals surface area contributed by atoms with Gasteiger partial charge in [-0.25, -0.2) is 10.8 Å². The summed E-state index contributed by atoms with van der Waals surface area (Å²) < 4.78 is 0. The number of nitrogen functional groups attached to an aromatic ring is 1. The third-order valence-corrected chi connectivity index (χ3v) is 3.82. The zero-order valence-electron chi connectivity index (χ0n) is 10.0. The van der Waals surface area contributed by atoms with Gasteiger partial charge >= 0.3 is 0 Å². The summed E-state index contributed by atoms with van der Waals surface area (Å²) in [4.78, 5) is 6.35. The molecule has 0 spiro atoms. The molecule has 0 saturated carbocycles. The van der Waals surface area contributed by atoms with Crippen LogP contribution in [-0.4, -0.2) is 29.3 Å². The average Bonchev–Trinajstić information content (AvgIpc) is 2.78. The van der Waals surface area contributed by atoms with Gasteiger partial charge in [-0.3, -0.25) is 0 Å². The number of hydrogen-bond acceptors (Lipinski definition) is 5. The zero-order valence-corrected chi connectivity index (χ0v) is 11.5. The minimum absolute atomic E-state index is 0.243. The van der Waals surface area contributed by atoms with Crippen molar-refractivity contribution in [1.29, 1.82) is 0 Å². The number of aliphatic hydroxyl groups excluding tert-OH is 1. The molecule has 0 radical (unpaired) electrons. The third-order valence-electron chi connectivity index (χ3n) is 3.25. The zero-order chi connectivity index (χ0) is 13.3. The van der Waals surface area contributed by atoms with Gasteiger partial charge < -0.3 is 15.4 Å². The molecule has 7 heteroatoms. The van der Waals surface area contributed by atoms with Crippen molar-refractivity contribution < 1.29 is 5.11 Å². The number of anilines is 2. The number of rotatable bonds is 3. The van der Waals surface area contributed by atoms with Gasteiger partial charge in [0.15, 0.2) is 5.82 Å². The Morgan fingerprint density at radius 2 is 2.28 bits per heavy atom. The summed E-state index contributed by atoms with van der Waals surface area (Å²) in [5.41, 5.74) is 2.44. The van der Waals surface area contributed by atoms with Gasteiger partial charge in [0.1, 0.15) is 5.82 Å². The molecule has 1 aromatic heterocycles. The van der Waals surface area contributed by atoms with Crippen molar-refractivity contribution in [1.82, 2.24) is 4.98 Å². The lowest BCUT2D eigenvalue weighted by molar-refractivity contribution is 0.136. The molecule has 4 N–H and O–H groups in total. The van der Waals surface area contributed by atoms with Crippen LogP contribution in [0, 0.1) is 5.92 Å². The van der Waals surface area contributed by atoms with E-state index in [1.807, 2.05) is 4.90 Å². The first-order chi connectivity index (χ1) is 8.52. The van der Waals surface area contributed by atoms with Crippen molar-refractivity contribution in [2.75, 3.05) is 23.4 Å². The molecule has 2 heterocycles. The highest BCUT2D eigenvalue weighted by molar-refractivity contribution is 6.37. The first-order valence-corrected chi connectivity index (χ1v) is 6.54. The van der Waals surface area contributed by atoms with Crippen LogP contribution in [0.15, 0.2) is 6.07 Å². The van der Waals surface area contributed by atoms with Gasteiger partial charge in [0, 0.05) is 19.0 Å². The van der Waals surface area contributed by atoms with E-state index in [-0.39, 0.29) is 12.0 Å². The predicted octanol–water partition coefficient (Wildman–Crippen LogP) is 1.88. The number of nitrogens with one attached hydrogen (secondary N) is 1. The summed E-state index contributed by atoms with van der Waals surface area (Å²) in [6.45, 7) is 3.35. The van der Waals surface area contributed by atoms with Gasteiger partial charge in [-0.1, -0.05) is 23.2 Å². The van der Waals surface area contributed by atoms with Crippen LogP contribution in [0.25, 0.3) is 0 Å². The second kappa shape index (κ2) is 5.48. The number of nitrogens with two attached hydrogens (primary N) is 1. The van der Waals surface area contributed by atoms with Crippen molar-refractivity contribution in [3.8, 4) is 0 Å². The molecular weight excluding hydrogens is 275 g/mol. The minimum Gasteiger partial charge on any atom is -0.393 e. The van der Waals surface area contributed by atoms with Gasteiger partial charge in [-0.05, 0) is 19.4 Å². The normalized spacial score (nSPS) is 21.2. The topological polar surface area (TPSA) is 74.4 Å². The smallest absolute Gasteiger partial charge is 0.161 e. The van der Waals surface area contributed by atoms with Crippen molar-refractivity contribution >= 4 is 34.8 Å². The lowest BCUT2D eigenvalue weighted by Crippen LogP contribution is -2.25. The Labute approximate surface area is 116 Å². The van der Waals surface area contributed by atoms with Crippen molar-refractivity contribution in [3.63, 3.8) is 0 Å². The molecular formula is C11H16Cl2N4O. The van der Waals surface area contributed by atoms with Crippen molar-refractivity contribution in [2.45, 2.75) is 19.4 Å². The second-order valence-electron chi connectivity index (χ2n) is 4.50. The summed E-state index contributed by atoms with van der Waals surface area (Å²) in [7, 11) is 0. The van der Waals surface area contributed by atoms with Crippen LogP contribution in [0.5, 0.6) is 0 Å². The van der Waals surface area contributed by atoms with Gasteiger partial charge in [-0.15, -0.1) is 0 Å². The fraction of sp³-hybridized carbons (Fsp3) is 0.545. The van der Waals surface area contributed by atoms with E-state index in [1.165, 1.54) is 0 Å². The van der Waals surface area contributed by atoms with Gasteiger partial charge in [0.25, 0.3) is 0 Å². The minimum atomic E-state index is -0.326. The SMILES string of the molecule is CC(O)C1CCN(c2nc(NN)c(Cl)cc2Cl)C1. The van der Waals surface area contributed by atoms with Crippen LogP contribution >= 0.6 is 23.2 Å². The quantitative estimate of drug-likeness (QED) is 0.585. The maximum atomic E-state index is 9.60. The molecule has 18 heavy (non-hydrogen) atoms. The van der Waals surface area contributed by atoms with E-state index in [9.17, 15) is 5.11 Å². The van der Waals surface area contributed by atoms with Crippen LogP contribution in [0.2, 0.25) is 10.0 Å². The number of aromatic nitrogens is 1. The fourth-order valence-electron chi connectivity index (χ4n) is 2.15. The number of pyridine rings is 1. The van der Waals surface area contributed by atoms with Crippen molar-refractivity contribution in [3.05, 3.63) is 16.1 Å². The van der Waals surface area contributed by atoms with Crippen molar-refractivity contribution in [2.24, 2.45) is 11.8 Å². The summed E-state index contributed by atoms with van der Waals surface area (Å²) in [5.74, 6) is 6.64. The lowest BCUT2D eigenvalue weighted by Gasteiger charge is -2.20. The first kappa shape index (κ1) is 13.7. The maximum absolute atomic E-state index is 9.60. The Morgan fingerprint density at radius 3 is 2.83 bits per heavy atom. The molecule has 1 aromatic rings. The molecule has 5 nitrogen and oxygen atoms in total. The molecule has 0 bridgehead atoms. The van der Waals surface area contributed by atoms with E-state index in [2.05, 4.69) is 10.4 Å². The molecule has 0 aliphatic carbocycles. The molecule has 1 saturated heterocycles. The van der Waals surface area contributed by atoms with Gasteiger partial charge in [0.2, 0.25) is 0 Å². The van der Waals surface area contributed by atoms with Crippen LogP contribution in [0.4, 0.5) is 11.6 Å². The Balaban J connectivity index is 2.24. The molecule has 2 atom stereocenters. The van der Waals surface area contributed by atoms with E-state index < -0.39 is 0 Å². The van der Waals surface area contributed by atoms with Crippen LogP contribution < -0.4 is 16.2 Å². The Kier molecular flexibility index (Phi) is 4.17. The largest absolute Gasteiger partial charge is 0.393 e. The summed E-state index contributed by atoms with van der Waals surface area (Å²) in [6, 6.07) is 1.62. The Bertz CT molecular complexity index is 441. The molecule has 1 aliphatic heterocycles.